The van der Waals surface area contributed by atoms with Crippen molar-refractivity contribution in [2.24, 2.45) is 0 Å². The number of benzene rings is 1. The number of aromatic nitrogens is 1. The number of fused-ring (bicyclic) bond motifs is 1. The molecule has 0 bridgehead atoms. The number of pyridine rings is 1. The number of halogens is 1. The Labute approximate surface area is 76.0 Å². The van der Waals surface area contributed by atoms with Crippen molar-refractivity contribution >= 4 is 22.5 Å². The second-order valence-electron chi connectivity index (χ2n) is 2.66. The second-order valence-corrected chi connectivity index (χ2v) is 2.93. The molecule has 1 aromatic carbocycles. The lowest BCUT2D eigenvalue weighted by Gasteiger charge is -1.97. The van der Waals surface area contributed by atoms with Crippen LogP contribution in [-0.2, 0) is 5.88 Å². The van der Waals surface area contributed by atoms with Gasteiger partial charge in [0.15, 0.2) is 0 Å². The van der Waals surface area contributed by atoms with Gasteiger partial charge >= 0.3 is 0 Å². The molecular weight excluding hydrogens is 170 g/mol. The summed E-state index contributed by atoms with van der Waals surface area (Å²) in [6, 6.07) is 10.1. The predicted octanol–water partition coefficient (Wildman–Crippen LogP) is 2.97. The summed E-state index contributed by atoms with van der Waals surface area (Å²) in [6.45, 7) is 0. The van der Waals surface area contributed by atoms with Crippen LogP contribution in [0.2, 0.25) is 0 Å². The molecule has 0 atom stereocenters. The summed E-state index contributed by atoms with van der Waals surface area (Å²) in [5.41, 5.74) is 2.12. The van der Waals surface area contributed by atoms with Gasteiger partial charge in [0.05, 0.1) is 5.52 Å². The molecule has 0 spiro atoms. The van der Waals surface area contributed by atoms with Crippen LogP contribution in [0, 0.1) is 0 Å². The average molecular weight is 178 g/mol. The maximum Gasteiger partial charge on any atom is 0.0705 e. The third kappa shape index (κ3) is 1.28. The van der Waals surface area contributed by atoms with Crippen molar-refractivity contribution in [2.45, 2.75) is 5.88 Å². The molecule has 0 amide bonds. The molecule has 0 fully saturated rings. The fourth-order valence-electron chi connectivity index (χ4n) is 1.20. The highest BCUT2D eigenvalue weighted by Gasteiger charge is 1.94. The van der Waals surface area contributed by atoms with Crippen LogP contribution in [-0.4, -0.2) is 4.98 Å². The monoisotopic (exact) mass is 177 g/mol. The van der Waals surface area contributed by atoms with Crippen LogP contribution < -0.4 is 0 Å². The Bertz CT molecular complexity index is 398. The SMILES string of the molecule is ClCc1ccc2cccnc2c1. The summed E-state index contributed by atoms with van der Waals surface area (Å²) in [5, 5.41) is 1.16. The summed E-state index contributed by atoms with van der Waals surface area (Å²) >= 11 is 5.70. The van der Waals surface area contributed by atoms with E-state index in [0.29, 0.717) is 5.88 Å². The Balaban J connectivity index is 2.67. The number of hydrogen-bond acceptors (Lipinski definition) is 1. The first-order valence-electron chi connectivity index (χ1n) is 3.80. The molecule has 0 aliphatic heterocycles. The molecule has 0 aliphatic carbocycles. The quantitative estimate of drug-likeness (QED) is 0.611. The fourth-order valence-corrected chi connectivity index (χ4v) is 1.36. The number of hydrogen-bond donors (Lipinski definition) is 0. The predicted molar refractivity (Wildman–Crippen MR) is 51.3 cm³/mol. The summed E-state index contributed by atoms with van der Waals surface area (Å²) in [4.78, 5) is 4.23. The number of nitrogens with zero attached hydrogens (tertiary/aromatic N) is 1. The minimum atomic E-state index is 0.548. The Morgan fingerprint density at radius 3 is 3.00 bits per heavy atom. The number of alkyl halides is 1. The van der Waals surface area contributed by atoms with Crippen LogP contribution in [0.4, 0.5) is 0 Å². The molecule has 1 heterocycles. The van der Waals surface area contributed by atoms with Gasteiger partial charge in [0.25, 0.3) is 0 Å². The van der Waals surface area contributed by atoms with Crippen molar-refractivity contribution in [1.82, 2.24) is 4.98 Å². The largest absolute Gasteiger partial charge is 0.256 e. The standard InChI is InChI=1S/C10H8ClN/c11-7-8-3-4-9-2-1-5-12-10(9)6-8/h1-6H,7H2. The summed E-state index contributed by atoms with van der Waals surface area (Å²) in [6.07, 6.45) is 1.79. The zero-order valence-corrected chi connectivity index (χ0v) is 7.25. The van der Waals surface area contributed by atoms with Gasteiger partial charge in [-0.2, -0.15) is 0 Å². The van der Waals surface area contributed by atoms with Crippen LogP contribution in [0.5, 0.6) is 0 Å². The highest BCUT2D eigenvalue weighted by atomic mass is 35.5. The fraction of sp³-hybridized carbons (Fsp3) is 0.100. The van der Waals surface area contributed by atoms with Crippen molar-refractivity contribution in [2.75, 3.05) is 0 Å². The Morgan fingerprint density at radius 2 is 2.17 bits per heavy atom. The molecule has 0 unspecified atom stereocenters. The maximum atomic E-state index is 5.70. The highest BCUT2D eigenvalue weighted by molar-refractivity contribution is 6.17. The van der Waals surface area contributed by atoms with Gasteiger partial charge in [0, 0.05) is 17.5 Å². The van der Waals surface area contributed by atoms with E-state index in [-0.39, 0.29) is 0 Å². The third-order valence-electron chi connectivity index (χ3n) is 1.82. The van der Waals surface area contributed by atoms with Crippen molar-refractivity contribution in [3.05, 3.63) is 42.1 Å². The van der Waals surface area contributed by atoms with Gasteiger partial charge in [-0.1, -0.05) is 18.2 Å². The van der Waals surface area contributed by atoms with Crippen molar-refractivity contribution < 1.29 is 0 Å². The van der Waals surface area contributed by atoms with E-state index < -0.39 is 0 Å². The minimum Gasteiger partial charge on any atom is -0.256 e. The van der Waals surface area contributed by atoms with E-state index in [1.807, 2.05) is 30.3 Å². The van der Waals surface area contributed by atoms with Crippen molar-refractivity contribution in [3.8, 4) is 0 Å². The van der Waals surface area contributed by atoms with Crippen LogP contribution in [0.1, 0.15) is 5.56 Å². The third-order valence-corrected chi connectivity index (χ3v) is 2.13. The van der Waals surface area contributed by atoms with Crippen LogP contribution in [0.3, 0.4) is 0 Å². The van der Waals surface area contributed by atoms with E-state index in [9.17, 15) is 0 Å². The minimum absolute atomic E-state index is 0.548. The molecule has 12 heavy (non-hydrogen) atoms. The molecule has 2 aromatic rings. The molecule has 1 nitrogen and oxygen atoms in total. The van der Waals surface area contributed by atoms with Gasteiger partial charge in [0.2, 0.25) is 0 Å². The van der Waals surface area contributed by atoms with Crippen molar-refractivity contribution in [1.29, 1.82) is 0 Å². The lowest BCUT2D eigenvalue weighted by Crippen LogP contribution is -1.80. The van der Waals surface area contributed by atoms with E-state index in [4.69, 9.17) is 11.6 Å². The molecule has 0 saturated carbocycles. The second kappa shape index (κ2) is 3.11. The molecule has 2 heteroatoms. The summed E-state index contributed by atoms with van der Waals surface area (Å²) in [5.74, 6) is 0.548. The van der Waals surface area contributed by atoms with E-state index in [1.54, 1.807) is 6.20 Å². The van der Waals surface area contributed by atoms with E-state index in [0.717, 1.165) is 16.5 Å². The van der Waals surface area contributed by atoms with Crippen LogP contribution in [0.25, 0.3) is 10.9 Å². The van der Waals surface area contributed by atoms with Crippen LogP contribution in [0.15, 0.2) is 36.5 Å². The van der Waals surface area contributed by atoms with Gasteiger partial charge in [-0.15, -0.1) is 11.6 Å². The van der Waals surface area contributed by atoms with E-state index in [1.165, 1.54) is 0 Å². The highest BCUT2D eigenvalue weighted by Crippen LogP contribution is 2.14. The molecule has 60 valence electrons. The molecule has 0 radical (unpaired) electrons. The smallest absolute Gasteiger partial charge is 0.0705 e. The van der Waals surface area contributed by atoms with Gasteiger partial charge in [-0.05, 0) is 17.7 Å². The summed E-state index contributed by atoms with van der Waals surface area (Å²) in [7, 11) is 0. The Morgan fingerprint density at radius 1 is 1.25 bits per heavy atom. The van der Waals surface area contributed by atoms with Crippen LogP contribution >= 0.6 is 11.6 Å². The first-order valence-corrected chi connectivity index (χ1v) is 4.33. The lowest BCUT2D eigenvalue weighted by atomic mass is 10.1. The maximum absolute atomic E-state index is 5.70. The number of rotatable bonds is 1. The van der Waals surface area contributed by atoms with E-state index in [2.05, 4.69) is 4.98 Å². The van der Waals surface area contributed by atoms with Crippen molar-refractivity contribution in [3.63, 3.8) is 0 Å². The van der Waals surface area contributed by atoms with Gasteiger partial charge < -0.3 is 0 Å². The normalized spacial score (nSPS) is 10.4. The molecule has 0 saturated heterocycles. The van der Waals surface area contributed by atoms with Gasteiger partial charge in [0.1, 0.15) is 0 Å². The summed E-state index contributed by atoms with van der Waals surface area (Å²) < 4.78 is 0. The zero-order valence-electron chi connectivity index (χ0n) is 6.50. The van der Waals surface area contributed by atoms with Gasteiger partial charge in [-0.25, -0.2) is 0 Å². The molecule has 2 rings (SSSR count). The first kappa shape index (κ1) is 7.56. The topological polar surface area (TPSA) is 12.9 Å². The molecule has 0 aliphatic rings. The van der Waals surface area contributed by atoms with E-state index >= 15 is 0 Å². The average Bonchev–Trinajstić information content (AvgIpc) is 2.17. The molecule has 0 N–H and O–H groups in total. The first-order chi connectivity index (χ1) is 5.90. The van der Waals surface area contributed by atoms with Gasteiger partial charge in [-0.3, -0.25) is 4.98 Å². The molecule has 1 aromatic heterocycles. The Hall–Kier alpha value is -1.08. The zero-order chi connectivity index (χ0) is 8.39. The lowest BCUT2D eigenvalue weighted by molar-refractivity contribution is 1.36. The molecular formula is C10H8ClN. The Kier molecular flexibility index (Phi) is 1.96.